The fourth-order valence-corrected chi connectivity index (χ4v) is 3.09. The van der Waals surface area contributed by atoms with Gasteiger partial charge in [-0.25, -0.2) is 4.79 Å². The molecular weight excluding hydrogens is 551 g/mol. The lowest BCUT2D eigenvalue weighted by atomic mass is 10.0. The Bertz CT molecular complexity index is 1340. The van der Waals surface area contributed by atoms with Crippen molar-refractivity contribution >= 4 is 29.3 Å². The fraction of sp³-hybridized carbons (Fsp3) is 0.231. The molecule has 7 N–H and O–H groups in total. The number of furan rings is 1. The SMILES string of the molecule is COc1cc(C(Nc2ccc(C(=N)N)cc2)C(=O)NNC(=O)c2ccco2)ccc1OC(C)C.O=C(O)C(F)(F)F. The van der Waals surface area contributed by atoms with Crippen LogP contribution in [0.5, 0.6) is 11.5 Å². The van der Waals surface area contributed by atoms with Crippen molar-refractivity contribution in [3.05, 3.63) is 77.7 Å². The van der Waals surface area contributed by atoms with Crippen LogP contribution in [-0.4, -0.2) is 48.1 Å². The second kappa shape index (κ2) is 14.3. The maximum absolute atomic E-state index is 13.1. The summed E-state index contributed by atoms with van der Waals surface area (Å²) in [7, 11) is 1.51. The summed E-state index contributed by atoms with van der Waals surface area (Å²) in [5.74, 6) is -2.90. The van der Waals surface area contributed by atoms with E-state index in [1.807, 2.05) is 13.8 Å². The highest BCUT2D eigenvalue weighted by molar-refractivity contribution is 5.96. The first kappa shape index (κ1) is 32.0. The van der Waals surface area contributed by atoms with Crippen molar-refractivity contribution in [1.29, 1.82) is 5.41 Å². The first-order valence-electron chi connectivity index (χ1n) is 11.7. The molecule has 1 atom stereocenters. The molecule has 0 aliphatic heterocycles. The predicted octanol–water partition coefficient (Wildman–Crippen LogP) is 3.61. The smallest absolute Gasteiger partial charge is 0.490 e. The molecule has 0 radical (unpaired) electrons. The van der Waals surface area contributed by atoms with E-state index < -0.39 is 30.0 Å². The Morgan fingerprint density at radius 2 is 1.66 bits per heavy atom. The van der Waals surface area contributed by atoms with Gasteiger partial charge in [0.05, 0.1) is 19.5 Å². The number of carboxylic acid groups (broad SMARTS) is 1. The highest BCUT2D eigenvalue weighted by atomic mass is 19.4. The predicted molar refractivity (Wildman–Crippen MR) is 141 cm³/mol. The first-order chi connectivity index (χ1) is 19.2. The number of hydrogen-bond acceptors (Lipinski definition) is 8. The van der Waals surface area contributed by atoms with Crippen molar-refractivity contribution in [2.24, 2.45) is 5.73 Å². The Morgan fingerprint density at radius 3 is 2.15 bits per heavy atom. The number of hydrogen-bond donors (Lipinski definition) is 6. The molecule has 0 bridgehead atoms. The molecule has 0 saturated heterocycles. The van der Waals surface area contributed by atoms with Crippen LogP contribution in [0.3, 0.4) is 0 Å². The third-order valence-electron chi connectivity index (χ3n) is 4.94. The van der Waals surface area contributed by atoms with Crippen molar-refractivity contribution in [3.63, 3.8) is 0 Å². The summed E-state index contributed by atoms with van der Waals surface area (Å²) < 4.78 is 48.0. The van der Waals surface area contributed by atoms with Crippen molar-refractivity contribution in [1.82, 2.24) is 10.9 Å². The molecule has 0 spiro atoms. The molecule has 41 heavy (non-hydrogen) atoms. The van der Waals surface area contributed by atoms with Gasteiger partial charge in [0.2, 0.25) is 0 Å². The van der Waals surface area contributed by atoms with Crippen molar-refractivity contribution in [2.45, 2.75) is 32.2 Å². The van der Waals surface area contributed by atoms with E-state index in [2.05, 4.69) is 16.2 Å². The molecule has 2 aromatic carbocycles. The summed E-state index contributed by atoms with van der Waals surface area (Å²) in [6.45, 7) is 3.80. The third kappa shape index (κ3) is 9.80. The van der Waals surface area contributed by atoms with Crippen LogP contribution >= 0.6 is 0 Å². The standard InChI is InChI=1S/C24H27N5O5.C2HF3O2/c1-14(2)34-18-11-8-16(13-20(18)32-3)21(27-17-9-6-15(7-10-17)22(25)26)24(31)29-28-23(30)19-5-4-12-33-19;3-2(4,5)1(6)7/h4-14,21,27H,1-3H3,(H3,25,26)(H,28,30)(H,29,31);(H,6,7). The Morgan fingerprint density at radius 1 is 1.02 bits per heavy atom. The van der Waals surface area contributed by atoms with Crippen LogP contribution in [0, 0.1) is 5.41 Å². The molecule has 1 aromatic heterocycles. The normalized spacial score (nSPS) is 11.4. The van der Waals surface area contributed by atoms with E-state index in [0.717, 1.165) is 0 Å². The van der Waals surface area contributed by atoms with Gasteiger partial charge in [-0.05, 0) is 67.9 Å². The number of nitrogen functional groups attached to an aromatic ring is 1. The maximum atomic E-state index is 13.1. The maximum Gasteiger partial charge on any atom is 0.490 e. The molecule has 1 unspecified atom stereocenters. The molecule has 0 saturated carbocycles. The Kier molecular flexibility index (Phi) is 11.1. The molecular formula is C26H28F3N5O7. The minimum Gasteiger partial charge on any atom is -0.493 e. The lowest BCUT2D eigenvalue weighted by Crippen LogP contribution is -2.45. The number of methoxy groups -OCH3 is 1. The van der Waals surface area contributed by atoms with E-state index >= 15 is 0 Å². The van der Waals surface area contributed by atoms with Crippen molar-refractivity contribution in [3.8, 4) is 11.5 Å². The number of anilines is 1. The molecule has 0 aliphatic rings. The highest BCUT2D eigenvalue weighted by Crippen LogP contribution is 2.32. The van der Waals surface area contributed by atoms with E-state index in [-0.39, 0.29) is 17.7 Å². The summed E-state index contributed by atoms with van der Waals surface area (Å²) in [6.07, 6.45) is -3.78. The average molecular weight is 580 g/mol. The van der Waals surface area contributed by atoms with Gasteiger partial charge < -0.3 is 30.0 Å². The van der Waals surface area contributed by atoms with Gasteiger partial charge in [-0.1, -0.05) is 6.07 Å². The van der Waals surface area contributed by atoms with Gasteiger partial charge in [0.25, 0.3) is 5.91 Å². The zero-order valence-corrected chi connectivity index (χ0v) is 22.0. The number of carbonyl (C=O) groups excluding carboxylic acids is 2. The molecule has 12 nitrogen and oxygen atoms in total. The number of amidine groups is 1. The summed E-state index contributed by atoms with van der Waals surface area (Å²) in [6, 6.07) is 14.0. The summed E-state index contributed by atoms with van der Waals surface area (Å²) in [4.78, 5) is 34.2. The fourth-order valence-electron chi connectivity index (χ4n) is 3.09. The minimum absolute atomic E-state index is 0.0569. The number of benzene rings is 2. The minimum atomic E-state index is -5.08. The summed E-state index contributed by atoms with van der Waals surface area (Å²) >= 11 is 0. The topological polar surface area (TPSA) is 189 Å². The van der Waals surface area contributed by atoms with Crippen LogP contribution in [0.1, 0.15) is 41.6 Å². The lowest BCUT2D eigenvalue weighted by Gasteiger charge is -2.22. The Labute approximate surface area is 232 Å². The van der Waals surface area contributed by atoms with Crippen molar-refractivity contribution < 1.29 is 46.6 Å². The molecule has 1 heterocycles. The van der Waals surface area contributed by atoms with Gasteiger partial charge >= 0.3 is 18.1 Å². The van der Waals surface area contributed by atoms with E-state index in [0.29, 0.717) is 28.3 Å². The van der Waals surface area contributed by atoms with E-state index in [9.17, 15) is 22.8 Å². The Balaban J connectivity index is 0.000000745. The number of nitrogens with two attached hydrogens (primary N) is 1. The van der Waals surface area contributed by atoms with Crippen LogP contribution in [0.4, 0.5) is 18.9 Å². The highest BCUT2D eigenvalue weighted by Gasteiger charge is 2.38. The van der Waals surface area contributed by atoms with E-state index in [1.165, 1.54) is 19.4 Å². The van der Waals surface area contributed by atoms with Gasteiger partial charge in [-0.15, -0.1) is 0 Å². The second-order valence-electron chi connectivity index (χ2n) is 8.37. The quantitative estimate of drug-likeness (QED) is 0.125. The number of carbonyl (C=O) groups is 3. The Hall–Kier alpha value is -5.21. The van der Waals surface area contributed by atoms with Crippen molar-refractivity contribution in [2.75, 3.05) is 12.4 Å². The van der Waals surface area contributed by atoms with Crippen LogP contribution in [-0.2, 0) is 9.59 Å². The molecule has 15 heteroatoms. The number of alkyl halides is 3. The first-order valence-corrected chi connectivity index (χ1v) is 11.7. The number of hydrazine groups is 1. The average Bonchev–Trinajstić information content (AvgIpc) is 3.45. The molecule has 0 aliphatic carbocycles. The van der Waals surface area contributed by atoms with Crippen LogP contribution in [0.15, 0.2) is 65.3 Å². The van der Waals surface area contributed by atoms with Gasteiger partial charge in [-0.3, -0.25) is 25.8 Å². The van der Waals surface area contributed by atoms with Gasteiger partial charge in [0.15, 0.2) is 17.3 Å². The number of nitrogens with one attached hydrogen (secondary N) is 4. The molecule has 3 aromatic rings. The molecule has 3 rings (SSSR count). The molecule has 220 valence electrons. The molecule has 2 amide bonds. The number of halogens is 3. The number of aliphatic carboxylic acids is 1. The van der Waals surface area contributed by atoms with E-state index in [4.69, 9.17) is 34.9 Å². The summed E-state index contributed by atoms with van der Waals surface area (Å²) in [5, 5.41) is 17.8. The van der Waals surface area contributed by atoms with Crippen LogP contribution in [0.2, 0.25) is 0 Å². The zero-order chi connectivity index (χ0) is 30.7. The van der Waals surface area contributed by atoms with Gasteiger partial charge in [0.1, 0.15) is 11.9 Å². The second-order valence-corrected chi connectivity index (χ2v) is 8.37. The third-order valence-corrected chi connectivity index (χ3v) is 4.94. The number of amides is 2. The molecule has 0 fully saturated rings. The largest absolute Gasteiger partial charge is 0.493 e. The van der Waals surface area contributed by atoms with E-state index in [1.54, 1.807) is 48.5 Å². The monoisotopic (exact) mass is 579 g/mol. The van der Waals surface area contributed by atoms with Gasteiger partial charge in [0, 0.05) is 11.3 Å². The lowest BCUT2D eigenvalue weighted by molar-refractivity contribution is -0.192. The number of carboxylic acids is 1. The number of ether oxygens (including phenoxy) is 2. The van der Waals surface area contributed by atoms with Crippen LogP contribution < -0.4 is 31.4 Å². The summed E-state index contributed by atoms with van der Waals surface area (Å²) in [5.41, 5.74) is 12.0. The number of rotatable bonds is 9. The van der Waals surface area contributed by atoms with Gasteiger partial charge in [-0.2, -0.15) is 13.2 Å². The van der Waals surface area contributed by atoms with Crippen LogP contribution in [0.25, 0.3) is 0 Å². The zero-order valence-electron chi connectivity index (χ0n) is 22.0.